The van der Waals surface area contributed by atoms with E-state index in [2.05, 4.69) is 26.6 Å². The summed E-state index contributed by atoms with van der Waals surface area (Å²) < 4.78 is 6.08. The zero-order chi connectivity index (χ0) is 16.8. The molecule has 0 aliphatic rings. The summed E-state index contributed by atoms with van der Waals surface area (Å²) in [5, 5.41) is 5.48. The Morgan fingerprint density at radius 3 is 2.48 bits per heavy atom. The molecule has 6 nitrogen and oxygen atoms in total. The molecule has 0 bridgehead atoms. The van der Waals surface area contributed by atoms with Crippen LogP contribution in [0.2, 0.25) is 0 Å². The van der Waals surface area contributed by atoms with Crippen LogP contribution in [0.1, 0.15) is 12.7 Å². The Labute approximate surface area is 143 Å². The van der Waals surface area contributed by atoms with Gasteiger partial charge in [0.1, 0.15) is 5.76 Å². The van der Waals surface area contributed by atoms with Crippen molar-refractivity contribution >= 4 is 39.1 Å². The first kappa shape index (κ1) is 17.2. The maximum absolute atomic E-state index is 12.1. The van der Waals surface area contributed by atoms with E-state index in [9.17, 15) is 9.59 Å². The maximum atomic E-state index is 12.1. The molecule has 0 fully saturated rings. The molecule has 2 amide bonds. The van der Waals surface area contributed by atoms with Gasteiger partial charge in [-0.25, -0.2) is 0 Å². The van der Waals surface area contributed by atoms with Crippen molar-refractivity contribution in [1.82, 2.24) is 4.90 Å². The third-order valence-electron chi connectivity index (χ3n) is 2.93. The lowest BCUT2D eigenvalue weighted by Crippen LogP contribution is -2.29. The van der Waals surface area contributed by atoms with Gasteiger partial charge >= 0.3 is 0 Å². The Morgan fingerprint density at radius 2 is 1.87 bits per heavy atom. The van der Waals surface area contributed by atoms with Gasteiger partial charge in [-0.1, -0.05) is 6.07 Å². The van der Waals surface area contributed by atoms with Crippen molar-refractivity contribution in [1.29, 1.82) is 0 Å². The third kappa shape index (κ3) is 5.88. The maximum Gasteiger partial charge on any atom is 0.238 e. The highest BCUT2D eigenvalue weighted by molar-refractivity contribution is 9.10. The van der Waals surface area contributed by atoms with Gasteiger partial charge in [-0.2, -0.15) is 0 Å². The number of carbonyl (C=O) groups excluding carboxylic acids is 2. The predicted molar refractivity (Wildman–Crippen MR) is 92.1 cm³/mol. The Kier molecular flexibility index (Phi) is 5.95. The van der Waals surface area contributed by atoms with E-state index in [-0.39, 0.29) is 18.4 Å². The fraction of sp³-hybridized carbons (Fsp3) is 0.250. The highest BCUT2D eigenvalue weighted by Gasteiger charge is 2.10. The average Bonchev–Trinajstić information content (AvgIpc) is 2.83. The number of benzene rings is 1. The standard InChI is InChI=1S/C16H18BrN3O3/c1-11(21)18-12-4-3-5-13(8-12)19-16(22)10-20(2)9-14-6-7-15(17)23-14/h3-8H,9-10H2,1-2H3,(H,18,21)(H,19,22). The Morgan fingerprint density at radius 1 is 1.17 bits per heavy atom. The normalized spacial score (nSPS) is 10.6. The van der Waals surface area contributed by atoms with Gasteiger partial charge in [0.2, 0.25) is 11.8 Å². The summed E-state index contributed by atoms with van der Waals surface area (Å²) in [4.78, 5) is 25.0. The van der Waals surface area contributed by atoms with Crippen LogP contribution in [0.5, 0.6) is 0 Å². The first-order chi connectivity index (χ1) is 10.9. The number of anilines is 2. The van der Waals surface area contributed by atoms with Crippen LogP contribution in [0, 0.1) is 0 Å². The Bertz CT molecular complexity index is 699. The molecule has 1 heterocycles. The van der Waals surface area contributed by atoms with Crippen molar-refractivity contribution in [3.63, 3.8) is 0 Å². The minimum atomic E-state index is -0.155. The van der Waals surface area contributed by atoms with Crippen molar-refractivity contribution in [3.05, 3.63) is 46.8 Å². The lowest BCUT2D eigenvalue weighted by molar-refractivity contribution is -0.117. The van der Waals surface area contributed by atoms with Crippen LogP contribution < -0.4 is 10.6 Å². The van der Waals surface area contributed by atoms with Crippen molar-refractivity contribution in [3.8, 4) is 0 Å². The number of furan rings is 1. The van der Waals surface area contributed by atoms with Crippen LogP contribution in [-0.4, -0.2) is 30.3 Å². The van der Waals surface area contributed by atoms with Gasteiger partial charge in [0.25, 0.3) is 0 Å². The molecule has 0 aliphatic carbocycles. The van der Waals surface area contributed by atoms with Crippen LogP contribution in [0.4, 0.5) is 11.4 Å². The van der Waals surface area contributed by atoms with E-state index < -0.39 is 0 Å². The molecule has 2 rings (SSSR count). The fourth-order valence-corrected chi connectivity index (χ4v) is 2.42. The summed E-state index contributed by atoms with van der Waals surface area (Å²) in [7, 11) is 1.84. The molecule has 0 aliphatic heterocycles. The van der Waals surface area contributed by atoms with Gasteiger partial charge in [0.05, 0.1) is 13.1 Å². The average molecular weight is 380 g/mol. The van der Waals surface area contributed by atoms with E-state index in [1.54, 1.807) is 24.3 Å². The second-order valence-corrected chi connectivity index (χ2v) is 5.97. The van der Waals surface area contributed by atoms with Crippen molar-refractivity contribution in [2.24, 2.45) is 0 Å². The number of hydrogen-bond acceptors (Lipinski definition) is 4. The molecule has 0 atom stereocenters. The van der Waals surface area contributed by atoms with Gasteiger partial charge in [0.15, 0.2) is 4.67 Å². The van der Waals surface area contributed by atoms with Crippen LogP contribution in [-0.2, 0) is 16.1 Å². The number of amides is 2. The van der Waals surface area contributed by atoms with E-state index in [4.69, 9.17) is 4.42 Å². The number of carbonyl (C=O) groups is 2. The number of rotatable bonds is 6. The highest BCUT2D eigenvalue weighted by Crippen LogP contribution is 2.16. The van der Waals surface area contributed by atoms with E-state index in [0.29, 0.717) is 22.6 Å². The van der Waals surface area contributed by atoms with Crippen molar-refractivity contribution in [2.75, 3.05) is 24.2 Å². The van der Waals surface area contributed by atoms with Gasteiger partial charge in [0, 0.05) is 18.3 Å². The molecule has 1 aromatic carbocycles. The Balaban J connectivity index is 1.87. The predicted octanol–water partition coefficient (Wildman–Crippen LogP) is 3.07. The number of likely N-dealkylation sites (N-methyl/N-ethyl adjacent to an activating group) is 1. The number of halogens is 1. The minimum absolute atomic E-state index is 0.141. The topological polar surface area (TPSA) is 74.6 Å². The fourth-order valence-electron chi connectivity index (χ4n) is 2.08. The first-order valence-electron chi connectivity index (χ1n) is 7.02. The molecule has 23 heavy (non-hydrogen) atoms. The summed E-state index contributed by atoms with van der Waals surface area (Å²) in [5.41, 5.74) is 1.28. The summed E-state index contributed by atoms with van der Waals surface area (Å²) in [6.07, 6.45) is 0. The molecular weight excluding hydrogens is 362 g/mol. The summed E-state index contributed by atoms with van der Waals surface area (Å²) in [6, 6.07) is 10.7. The lowest BCUT2D eigenvalue weighted by atomic mass is 10.2. The summed E-state index contributed by atoms with van der Waals surface area (Å²) in [5.74, 6) is 0.482. The highest BCUT2D eigenvalue weighted by atomic mass is 79.9. The van der Waals surface area contributed by atoms with Gasteiger partial charge in [-0.3, -0.25) is 14.5 Å². The molecule has 0 saturated heterocycles. The zero-order valence-electron chi connectivity index (χ0n) is 12.9. The second kappa shape index (κ2) is 7.94. The zero-order valence-corrected chi connectivity index (χ0v) is 14.5. The lowest BCUT2D eigenvalue weighted by Gasteiger charge is -2.15. The van der Waals surface area contributed by atoms with Crippen molar-refractivity contribution in [2.45, 2.75) is 13.5 Å². The van der Waals surface area contributed by atoms with Crippen LogP contribution in [0.3, 0.4) is 0 Å². The number of nitrogens with zero attached hydrogens (tertiary/aromatic N) is 1. The second-order valence-electron chi connectivity index (χ2n) is 5.19. The molecule has 2 aromatic rings. The monoisotopic (exact) mass is 379 g/mol. The quantitative estimate of drug-likeness (QED) is 0.808. The van der Waals surface area contributed by atoms with Crippen LogP contribution in [0.15, 0.2) is 45.5 Å². The molecule has 2 N–H and O–H groups in total. The smallest absolute Gasteiger partial charge is 0.238 e. The molecule has 0 radical (unpaired) electrons. The third-order valence-corrected chi connectivity index (χ3v) is 3.36. The Hall–Kier alpha value is -2.12. The van der Waals surface area contributed by atoms with Gasteiger partial charge in [-0.05, 0) is 53.3 Å². The van der Waals surface area contributed by atoms with Gasteiger partial charge < -0.3 is 15.1 Å². The molecule has 122 valence electrons. The SMILES string of the molecule is CC(=O)Nc1cccc(NC(=O)CN(C)Cc2ccc(Br)o2)c1. The molecule has 0 saturated carbocycles. The summed E-state index contributed by atoms with van der Waals surface area (Å²) in [6.45, 7) is 2.20. The number of hydrogen-bond donors (Lipinski definition) is 2. The molecule has 0 unspecified atom stereocenters. The van der Waals surface area contributed by atoms with E-state index in [1.807, 2.05) is 24.1 Å². The number of nitrogens with one attached hydrogen (secondary N) is 2. The largest absolute Gasteiger partial charge is 0.453 e. The van der Waals surface area contributed by atoms with Gasteiger partial charge in [-0.15, -0.1) is 0 Å². The van der Waals surface area contributed by atoms with Crippen LogP contribution >= 0.6 is 15.9 Å². The van der Waals surface area contributed by atoms with E-state index in [0.717, 1.165) is 5.76 Å². The molecule has 1 aromatic heterocycles. The first-order valence-corrected chi connectivity index (χ1v) is 7.82. The van der Waals surface area contributed by atoms with E-state index in [1.165, 1.54) is 6.92 Å². The summed E-state index contributed by atoms with van der Waals surface area (Å²) >= 11 is 3.25. The van der Waals surface area contributed by atoms with Crippen LogP contribution in [0.25, 0.3) is 0 Å². The van der Waals surface area contributed by atoms with Crippen molar-refractivity contribution < 1.29 is 14.0 Å². The van der Waals surface area contributed by atoms with E-state index >= 15 is 0 Å². The minimum Gasteiger partial charge on any atom is -0.453 e. The molecule has 0 spiro atoms. The molecule has 7 heteroatoms. The molecular formula is C16H18BrN3O3.